The highest BCUT2D eigenvalue weighted by atomic mass is 127. The van der Waals surface area contributed by atoms with Crippen molar-refractivity contribution >= 4 is 35.6 Å². The van der Waals surface area contributed by atoms with Crippen molar-refractivity contribution in [1.82, 2.24) is 10.2 Å². The maximum absolute atomic E-state index is 4.49. The minimum Gasteiger partial charge on any atom is -0.375 e. The summed E-state index contributed by atoms with van der Waals surface area (Å²) < 4.78 is 0. The van der Waals surface area contributed by atoms with Crippen LogP contribution in [0.15, 0.2) is 35.3 Å². The molecule has 1 heterocycles. The van der Waals surface area contributed by atoms with Crippen LogP contribution in [0.1, 0.15) is 32.1 Å². The molecular formula is C19H31IN4. The molecule has 1 spiro atoms. The lowest BCUT2D eigenvalue weighted by molar-refractivity contribution is 0.151. The van der Waals surface area contributed by atoms with Crippen molar-refractivity contribution in [2.24, 2.45) is 10.4 Å². The van der Waals surface area contributed by atoms with Crippen molar-refractivity contribution in [1.29, 1.82) is 0 Å². The molecule has 1 aromatic rings. The number of nitrogens with zero attached hydrogens (tertiary/aromatic N) is 3. The van der Waals surface area contributed by atoms with Crippen LogP contribution in [0.3, 0.4) is 0 Å². The summed E-state index contributed by atoms with van der Waals surface area (Å²) in [7, 11) is 4.06. The van der Waals surface area contributed by atoms with Crippen molar-refractivity contribution < 1.29 is 0 Å². The summed E-state index contributed by atoms with van der Waals surface area (Å²) in [5, 5.41) is 3.55. The van der Waals surface area contributed by atoms with E-state index < -0.39 is 0 Å². The predicted molar refractivity (Wildman–Crippen MR) is 114 cm³/mol. The first-order chi connectivity index (χ1) is 11.2. The van der Waals surface area contributed by atoms with Crippen LogP contribution in [-0.2, 0) is 0 Å². The number of para-hydroxylation sites is 1. The van der Waals surface area contributed by atoms with Gasteiger partial charge in [-0.1, -0.05) is 24.6 Å². The van der Waals surface area contributed by atoms with Crippen LogP contribution in [0, 0.1) is 5.41 Å². The molecule has 1 aromatic carbocycles. The van der Waals surface area contributed by atoms with Gasteiger partial charge in [-0.25, -0.2) is 0 Å². The van der Waals surface area contributed by atoms with Gasteiger partial charge in [0.05, 0.1) is 0 Å². The van der Waals surface area contributed by atoms with E-state index in [2.05, 4.69) is 57.5 Å². The Kier molecular flexibility index (Phi) is 7.19. The number of halogens is 1. The number of rotatable bonds is 5. The first-order valence-corrected chi connectivity index (χ1v) is 8.94. The van der Waals surface area contributed by atoms with E-state index in [0.717, 1.165) is 25.5 Å². The van der Waals surface area contributed by atoms with E-state index in [1.165, 1.54) is 44.5 Å². The van der Waals surface area contributed by atoms with Gasteiger partial charge in [-0.15, -0.1) is 24.0 Å². The molecule has 2 fully saturated rings. The van der Waals surface area contributed by atoms with Gasteiger partial charge in [0.15, 0.2) is 5.96 Å². The topological polar surface area (TPSA) is 30.9 Å². The van der Waals surface area contributed by atoms with Crippen molar-refractivity contribution in [2.45, 2.75) is 32.1 Å². The van der Waals surface area contributed by atoms with Crippen molar-refractivity contribution in [3.05, 3.63) is 30.3 Å². The number of hydrogen-bond donors (Lipinski definition) is 1. The SMILES string of the molecule is CN=C(NCCCN(C)c1ccccc1)N1CCC2(CCC2)C1.I. The highest BCUT2D eigenvalue weighted by Crippen LogP contribution is 2.47. The third-order valence-electron chi connectivity index (χ3n) is 5.51. The average molecular weight is 442 g/mol. The number of guanidine groups is 1. The van der Waals surface area contributed by atoms with E-state index in [9.17, 15) is 0 Å². The number of benzene rings is 1. The quantitative estimate of drug-likeness (QED) is 0.327. The Bertz CT molecular complexity index is 527. The summed E-state index contributed by atoms with van der Waals surface area (Å²) in [5.41, 5.74) is 1.91. The summed E-state index contributed by atoms with van der Waals surface area (Å²) in [6.07, 6.45) is 6.73. The number of nitrogens with one attached hydrogen (secondary N) is 1. The van der Waals surface area contributed by atoms with Gasteiger partial charge in [-0.05, 0) is 43.2 Å². The molecule has 24 heavy (non-hydrogen) atoms. The molecule has 134 valence electrons. The molecule has 1 saturated heterocycles. The van der Waals surface area contributed by atoms with Crippen molar-refractivity contribution in [3.63, 3.8) is 0 Å². The fourth-order valence-corrected chi connectivity index (χ4v) is 3.86. The summed E-state index contributed by atoms with van der Waals surface area (Å²) in [5.74, 6) is 1.09. The number of hydrogen-bond acceptors (Lipinski definition) is 2. The molecule has 0 atom stereocenters. The maximum atomic E-state index is 4.49. The summed E-state index contributed by atoms with van der Waals surface area (Å²) in [4.78, 5) is 9.25. The van der Waals surface area contributed by atoms with Gasteiger partial charge in [0.25, 0.3) is 0 Å². The Balaban J connectivity index is 0.00000208. The number of aliphatic imine (C=N–C) groups is 1. The molecule has 0 radical (unpaired) electrons. The third kappa shape index (κ3) is 4.55. The Hall–Kier alpha value is -0.980. The molecule has 4 nitrogen and oxygen atoms in total. The van der Waals surface area contributed by atoms with Crippen LogP contribution in [0.4, 0.5) is 5.69 Å². The molecule has 2 aliphatic rings. The molecule has 1 aliphatic carbocycles. The molecule has 0 bridgehead atoms. The molecule has 0 aromatic heterocycles. The highest BCUT2D eigenvalue weighted by molar-refractivity contribution is 14.0. The Morgan fingerprint density at radius 1 is 1.25 bits per heavy atom. The third-order valence-corrected chi connectivity index (χ3v) is 5.51. The van der Waals surface area contributed by atoms with Gasteiger partial charge < -0.3 is 15.1 Å². The zero-order valence-electron chi connectivity index (χ0n) is 15.0. The Labute approximate surface area is 163 Å². The van der Waals surface area contributed by atoms with Gasteiger partial charge in [0, 0.05) is 46.0 Å². The van der Waals surface area contributed by atoms with E-state index in [1.54, 1.807) is 0 Å². The van der Waals surface area contributed by atoms with Crippen LogP contribution in [-0.4, -0.2) is 51.1 Å². The fraction of sp³-hybridized carbons (Fsp3) is 0.632. The monoisotopic (exact) mass is 442 g/mol. The van der Waals surface area contributed by atoms with Crippen molar-refractivity contribution in [3.8, 4) is 0 Å². The highest BCUT2D eigenvalue weighted by Gasteiger charge is 2.43. The second-order valence-corrected chi connectivity index (χ2v) is 7.11. The average Bonchev–Trinajstić information content (AvgIpc) is 3.01. The van der Waals surface area contributed by atoms with Gasteiger partial charge in [-0.3, -0.25) is 4.99 Å². The zero-order valence-corrected chi connectivity index (χ0v) is 17.3. The molecular weight excluding hydrogens is 411 g/mol. The first-order valence-electron chi connectivity index (χ1n) is 8.94. The molecule has 5 heteroatoms. The maximum Gasteiger partial charge on any atom is 0.193 e. The van der Waals surface area contributed by atoms with Crippen LogP contribution < -0.4 is 10.2 Å². The largest absolute Gasteiger partial charge is 0.375 e. The lowest BCUT2D eigenvalue weighted by Gasteiger charge is -2.38. The molecule has 0 amide bonds. The summed E-state index contributed by atoms with van der Waals surface area (Å²) in [6, 6.07) is 10.6. The second-order valence-electron chi connectivity index (χ2n) is 7.11. The number of anilines is 1. The van der Waals surface area contributed by atoms with Crippen LogP contribution >= 0.6 is 24.0 Å². The van der Waals surface area contributed by atoms with E-state index >= 15 is 0 Å². The smallest absolute Gasteiger partial charge is 0.193 e. The standard InChI is InChI=1S/C19H30N4.HI/c1-20-18(23-15-12-19(16-23)10-6-11-19)21-13-7-14-22(2)17-8-4-3-5-9-17;/h3-5,8-9H,6-7,10-16H2,1-2H3,(H,20,21);1H. The molecule has 1 saturated carbocycles. The van der Waals surface area contributed by atoms with Gasteiger partial charge in [0.1, 0.15) is 0 Å². The van der Waals surface area contributed by atoms with Crippen LogP contribution in [0.2, 0.25) is 0 Å². The van der Waals surface area contributed by atoms with Crippen LogP contribution in [0.25, 0.3) is 0 Å². The fourth-order valence-electron chi connectivity index (χ4n) is 3.86. The Morgan fingerprint density at radius 3 is 2.58 bits per heavy atom. The van der Waals surface area contributed by atoms with Gasteiger partial charge in [-0.2, -0.15) is 0 Å². The second kappa shape index (κ2) is 8.92. The lowest BCUT2D eigenvalue weighted by atomic mass is 9.68. The van der Waals surface area contributed by atoms with E-state index in [4.69, 9.17) is 0 Å². The van der Waals surface area contributed by atoms with E-state index in [-0.39, 0.29) is 24.0 Å². The lowest BCUT2D eigenvalue weighted by Crippen LogP contribution is -2.43. The number of likely N-dealkylation sites (tertiary alicyclic amines) is 1. The molecule has 1 N–H and O–H groups in total. The van der Waals surface area contributed by atoms with E-state index in [0.29, 0.717) is 5.41 Å². The van der Waals surface area contributed by atoms with Gasteiger partial charge >= 0.3 is 0 Å². The predicted octanol–water partition coefficient (Wildman–Crippen LogP) is 3.58. The minimum atomic E-state index is 0. The van der Waals surface area contributed by atoms with Crippen molar-refractivity contribution in [2.75, 3.05) is 45.2 Å². The molecule has 0 unspecified atom stereocenters. The summed E-state index contributed by atoms with van der Waals surface area (Å²) >= 11 is 0. The van der Waals surface area contributed by atoms with Crippen LogP contribution in [0.5, 0.6) is 0 Å². The summed E-state index contributed by atoms with van der Waals surface area (Å²) in [6.45, 7) is 4.41. The molecule has 1 aliphatic heterocycles. The Morgan fingerprint density at radius 2 is 2.00 bits per heavy atom. The normalized spacial score (nSPS) is 18.9. The van der Waals surface area contributed by atoms with E-state index in [1.807, 2.05) is 7.05 Å². The zero-order chi connectivity index (χ0) is 16.1. The van der Waals surface area contributed by atoms with Gasteiger partial charge in [0.2, 0.25) is 0 Å². The first kappa shape index (κ1) is 19.3. The molecule has 3 rings (SSSR count). The minimum absolute atomic E-state index is 0.